The SMILES string of the molecule is Cn1cnc2cc(-c3c(N)sc4c3CCCC4)ccc21. The summed E-state index contributed by atoms with van der Waals surface area (Å²) in [6.45, 7) is 0. The van der Waals surface area contributed by atoms with Crippen molar-refractivity contribution in [2.45, 2.75) is 25.7 Å². The number of anilines is 1. The molecule has 2 N–H and O–H groups in total. The Labute approximate surface area is 122 Å². The molecule has 0 aliphatic heterocycles. The summed E-state index contributed by atoms with van der Waals surface area (Å²) in [7, 11) is 2.02. The van der Waals surface area contributed by atoms with Gasteiger partial charge in [-0.3, -0.25) is 0 Å². The number of nitrogen functional groups attached to an aromatic ring is 1. The molecule has 2 aromatic heterocycles. The van der Waals surface area contributed by atoms with Crippen molar-refractivity contribution in [3.05, 3.63) is 35.0 Å². The first-order chi connectivity index (χ1) is 9.74. The summed E-state index contributed by atoms with van der Waals surface area (Å²) in [6.07, 6.45) is 6.79. The average molecular weight is 283 g/mol. The Kier molecular flexibility index (Phi) is 2.60. The molecule has 3 nitrogen and oxygen atoms in total. The van der Waals surface area contributed by atoms with Gasteiger partial charge in [-0.05, 0) is 48.9 Å². The van der Waals surface area contributed by atoms with E-state index in [2.05, 4.69) is 23.2 Å². The number of hydrogen-bond donors (Lipinski definition) is 1. The van der Waals surface area contributed by atoms with Crippen LogP contribution in [-0.4, -0.2) is 9.55 Å². The Hall–Kier alpha value is -1.81. The van der Waals surface area contributed by atoms with Gasteiger partial charge in [0.2, 0.25) is 0 Å². The van der Waals surface area contributed by atoms with Gasteiger partial charge in [0.25, 0.3) is 0 Å². The van der Waals surface area contributed by atoms with Crippen molar-refractivity contribution in [1.82, 2.24) is 9.55 Å². The fourth-order valence-electron chi connectivity index (χ4n) is 3.20. The number of rotatable bonds is 1. The second kappa shape index (κ2) is 4.35. The second-order valence-electron chi connectivity index (χ2n) is 5.51. The highest BCUT2D eigenvalue weighted by molar-refractivity contribution is 7.16. The molecule has 0 atom stereocenters. The van der Waals surface area contributed by atoms with Gasteiger partial charge in [0.1, 0.15) is 0 Å². The predicted molar refractivity (Wildman–Crippen MR) is 85.1 cm³/mol. The maximum Gasteiger partial charge on any atom is 0.0955 e. The van der Waals surface area contributed by atoms with Crippen molar-refractivity contribution >= 4 is 27.4 Å². The molecule has 0 bridgehead atoms. The summed E-state index contributed by atoms with van der Waals surface area (Å²) in [5.74, 6) is 0. The number of fused-ring (bicyclic) bond motifs is 2. The lowest BCUT2D eigenvalue weighted by Crippen LogP contribution is -1.99. The Bertz CT molecular complexity index is 798. The quantitative estimate of drug-likeness (QED) is 0.739. The largest absolute Gasteiger partial charge is 0.390 e. The van der Waals surface area contributed by atoms with E-state index in [4.69, 9.17) is 5.73 Å². The molecule has 0 radical (unpaired) electrons. The van der Waals surface area contributed by atoms with Gasteiger partial charge in [-0.2, -0.15) is 0 Å². The lowest BCUT2D eigenvalue weighted by molar-refractivity contribution is 0.698. The Morgan fingerprint density at radius 3 is 3.00 bits per heavy atom. The zero-order valence-corrected chi connectivity index (χ0v) is 12.3. The van der Waals surface area contributed by atoms with Crippen molar-refractivity contribution in [3.63, 3.8) is 0 Å². The molecule has 2 heterocycles. The number of benzene rings is 1. The standard InChI is InChI=1S/C16H17N3S/c1-19-9-18-12-8-10(6-7-13(12)19)15-11-4-2-3-5-14(11)20-16(15)17/h6-9H,2-5,17H2,1H3. The molecule has 102 valence electrons. The molecule has 0 amide bonds. The summed E-state index contributed by atoms with van der Waals surface area (Å²) in [6, 6.07) is 6.49. The third kappa shape index (κ3) is 1.68. The maximum atomic E-state index is 6.30. The Morgan fingerprint density at radius 1 is 1.25 bits per heavy atom. The first-order valence-electron chi connectivity index (χ1n) is 7.05. The highest BCUT2D eigenvalue weighted by Crippen LogP contribution is 2.42. The zero-order chi connectivity index (χ0) is 13.7. The number of hydrogen-bond acceptors (Lipinski definition) is 3. The summed E-state index contributed by atoms with van der Waals surface area (Å²) in [5, 5.41) is 0.965. The van der Waals surface area contributed by atoms with Crippen molar-refractivity contribution in [1.29, 1.82) is 0 Å². The first kappa shape index (κ1) is 12.0. The van der Waals surface area contributed by atoms with Crippen LogP contribution in [0.1, 0.15) is 23.3 Å². The summed E-state index contributed by atoms with van der Waals surface area (Å²) in [4.78, 5) is 5.95. The van der Waals surface area contributed by atoms with Crippen LogP contribution in [0.15, 0.2) is 24.5 Å². The van der Waals surface area contributed by atoms with Crippen molar-refractivity contribution < 1.29 is 0 Å². The lowest BCUT2D eigenvalue weighted by atomic mass is 9.92. The van der Waals surface area contributed by atoms with E-state index in [0.717, 1.165) is 16.0 Å². The van der Waals surface area contributed by atoms with Crippen LogP contribution in [0, 0.1) is 0 Å². The fourth-order valence-corrected chi connectivity index (χ4v) is 4.38. The third-order valence-corrected chi connectivity index (χ3v) is 5.33. The Morgan fingerprint density at radius 2 is 2.10 bits per heavy atom. The maximum absolute atomic E-state index is 6.30. The third-order valence-electron chi connectivity index (χ3n) is 4.21. The minimum absolute atomic E-state index is 0.965. The van der Waals surface area contributed by atoms with Crippen LogP contribution in [-0.2, 0) is 19.9 Å². The lowest BCUT2D eigenvalue weighted by Gasteiger charge is -2.13. The molecule has 0 spiro atoms. The van der Waals surface area contributed by atoms with Crippen molar-refractivity contribution in [3.8, 4) is 11.1 Å². The van der Waals surface area contributed by atoms with E-state index >= 15 is 0 Å². The van der Waals surface area contributed by atoms with E-state index in [1.807, 2.05) is 17.9 Å². The monoisotopic (exact) mass is 283 g/mol. The van der Waals surface area contributed by atoms with Gasteiger partial charge in [-0.25, -0.2) is 4.98 Å². The number of aromatic nitrogens is 2. The number of aryl methyl sites for hydroxylation is 2. The van der Waals surface area contributed by atoms with Crippen LogP contribution in [0.5, 0.6) is 0 Å². The van der Waals surface area contributed by atoms with E-state index < -0.39 is 0 Å². The molecular formula is C16H17N3S. The van der Waals surface area contributed by atoms with E-state index in [1.165, 1.54) is 47.3 Å². The van der Waals surface area contributed by atoms with E-state index in [1.54, 1.807) is 11.3 Å². The molecule has 1 aromatic carbocycles. The van der Waals surface area contributed by atoms with Crippen LogP contribution in [0.4, 0.5) is 5.00 Å². The van der Waals surface area contributed by atoms with E-state index in [0.29, 0.717) is 0 Å². The molecule has 0 saturated heterocycles. The minimum atomic E-state index is 0.965. The van der Waals surface area contributed by atoms with Crippen molar-refractivity contribution in [2.75, 3.05) is 5.73 Å². The van der Waals surface area contributed by atoms with Gasteiger partial charge in [0, 0.05) is 17.5 Å². The zero-order valence-electron chi connectivity index (χ0n) is 11.5. The normalized spacial score (nSPS) is 14.7. The molecule has 20 heavy (non-hydrogen) atoms. The number of nitrogens with two attached hydrogens (primary N) is 1. The smallest absolute Gasteiger partial charge is 0.0955 e. The highest BCUT2D eigenvalue weighted by Gasteiger charge is 2.20. The first-order valence-corrected chi connectivity index (χ1v) is 7.87. The Balaban J connectivity index is 1.92. The molecule has 0 saturated carbocycles. The average Bonchev–Trinajstić information content (AvgIpc) is 2.98. The summed E-state index contributed by atoms with van der Waals surface area (Å²) >= 11 is 1.77. The van der Waals surface area contributed by atoms with Gasteiger partial charge >= 0.3 is 0 Å². The minimum Gasteiger partial charge on any atom is -0.390 e. The molecular weight excluding hydrogens is 266 g/mol. The number of imidazole rings is 1. The van der Waals surface area contributed by atoms with Crippen LogP contribution in [0.25, 0.3) is 22.2 Å². The van der Waals surface area contributed by atoms with Gasteiger partial charge < -0.3 is 10.3 Å². The van der Waals surface area contributed by atoms with Gasteiger partial charge in [0.15, 0.2) is 0 Å². The van der Waals surface area contributed by atoms with E-state index in [-0.39, 0.29) is 0 Å². The molecule has 1 aliphatic carbocycles. The highest BCUT2D eigenvalue weighted by atomic mass is 32.1. The molecule has 1 aliphatic rings. The molecule has 0 fully saturated rings. The molecule has 0 unspecified atom stereocenters. The van der Waals surface area contributed by atoms with Gasteiger partial charge in [-0.15, -0.1) is 11.3 Å². The van der Waals surface area contributed by atoms with Crippen LogP contribution >= 0.6 is 11.3 Å². The number of thiophene rings is 1. The van der Waals surface area contributed by atoms with E-state index in [9.17, 15) is 0 Å². The van der Waals surface area contributed by atoms with Gasteiger partial charge in [-0.1, -0.05) is 6.07 Å². The second-order valence-corrected chi connectivity index (χ2v) is 6.65. The molecule has 4 rings (SSSR count). The van der Waals surface area contributed by atoms with Crippen LogP contribution in [0.2, 0.25) is 0 Å². The molecule has 3 aromatic rings. The van der Waals surface area contributed by atoms with Crippen LogP contribution in [0.3, 0.4) is 0 Å². The molecule has 4 heteroatoms. The fraction of sp³-hybridized carbons (Fsp3) is 0.312. The summed E-state index contributed by atoms with van der Waals surface area (Å²) in [5.41, 5.74) is 12.5. The summed E-state index contributed by atoms with van der Waals surface area (Å²) < 4.78 is 2.05. The predicted octanol–water partition coefficient (Wildman–Crippen LogP) is 3.76. The number of nitrogens with zero attached hydrogens (tertiary/aromatic N) is 2. The van der Waals surface area contributed by atoms with Crippen LogP contribution < -0.4 is 5.73 Å². The van der Waals surface area contributed by atoms with Crippen molar-refractivity contribution in [2.24, 2.45) is 7.05 Å². The topological polar surface area (TPSA) is 43.8 Å². The van der Waals surface area contributed by atoms with Gasteiger partial charge in [0.05, 0.1) is 22.4 Å².